The number of hydrogen-bond donors (Lipinski definition) is 1. The Morgan fingerprint density at radius 1 is 1.53 bits per heavy atom. The molecule has 19 heavy (non-hydrogen) atoms. The highest BCUT2D eigenvalue weighted by Gasteiger charge is 2.34. The molecular formula is C10H12F2N2O3S2. The molecule has 9 heteroatoms. The second-order valence-corrected chi connectivity index (χ2v) is 7.02. The fourth-order valence-corrected chi connectivity index (χ4v) is 4.02. The number of thiophene rings is 1. The summed E-state index contributed by atoms with van der Waals surface area (Å²) in [5, 5.41) is 1.32. The molecule has 0 unspecified atom stereocenters. The predicted molar refractivity (Wildman–Crippen MR) is 66.0 cm³/mol. The van der Waals surface area contributed by atoms with E-state index >= 15 is 0 Å². The molecule has 0 aromatic carbocycles. The topological polar surface area (TPSA) is 80.5 Å². The lowest BCUT2D eigenvalue weighted by atomic mass is 10.3. The van der Waals surface area contributed by atoms with Crippen molar-refractivity contribution in [2.24, 2.45) is 5.73 Å². The molecule has 106 valence electrons. The first kappa shape index (κ1) is 14.4. The van der Waals surface area contributed by atoms with Gasteiger partial charge in [0.1, 0.15) is 4.88 Å². The highest BCUT2D eigenvalue weighted by molar-refractivity contribution is 7.92. The number of halogens is 2. The molecule has 0 radical (unpaired) electrons. The molecule has 1 amide bonds. The predicted octanol–water partition coefficient (Wildman–Crippen LogP) is 0.918. The minimum atomic E-state index is -4.75. The van der Waals surface area contributed by atoms with Crippen molar-refractivity contribution in [1.82, 2.24) is 4.90 Å². The summed E-state index contributed by atoms with van der Waals surface area (Å²) in [6.45, 7) is 0.719. The zero-order valence-corrected chi connectivity index (χ0v) is 11.4. The number of nitrogens with zero attached hydrogens (tertiary/aromatic N) is 1. The molecule has 2 heterocycles. The number of carbonyl (C=O) groups is 1. The monoisotopic (exact) mass is 310 g/mol. The first-order chi connectivity index (χ1) is 8.84. The van der Waals surface area contributed by atoms with Gasteiger partial charge in [0.15, 0.2) is 0 Å². The lowest BCUT2D eigenvalue weighted by Gasteiger charge is -2.15. The number of rotatable bonds is 3. The van der Waals surface area contributed by atoms with Gasteiger partial charge in [-0.25, -0.2) is 8.42 Å². The molecule has 1 aromatic rings. The van der Waals surface area contributed by atoms with E-state index in [1.807, 2.05) is 0 Å². The minimum Gasteiger partial charge on any atom is -0.336 e. The molecule has 0 bridgehead atoms. The Kier molecular flexibility index (Phi) is 3.88. The molecule has 1 aromatic heterocycles. The summed E-state index contributed by atoms with van der Waals surface area (Å²) in [6.07, 6.45) is 0.619. The van der Waals surface area contributed by atoms with Gasteiger partial charge in [-0.3, -0.25) is 4.79 Å². The first-order valence-corrected chi connectivity index (χ1v) is 7.91. The number of amides is 1. The summed E-state index contributed by atoms with van der Waals surface area (Å²) in [4.78, 5) is 12.7. The molecule has 2 rings (SSSR count). The lowest BCUT2D eigenvalue weighted by Crippen LogP contribution is -2.32. The molecule has 0 saturated carbocycles. The molecule has 1 saturated heterocycles. The number of nitrogens with two attached hydrogens (primary N) is 1. The summed E-state index contributed by atoms with van der Waals surface area (Å²) in [5.74, 6) is -4.09. The van der Waals surface area contributed by atoms with Crippen molar-refractivity contribution in [3.05, 3.63) is 16.3 Å². The Morgan fingerprint density at radius 2 is 2.21 bits per heavy atom. The van der Waals surface area contributed by atoms with Crippen molar-refractivity contribution in [2.45, 2.75) is 23.1 Å². The van der Waals surface area contributed by atoms with Crippen molar-refractivity contribution in [3.8, 4) is 0 Å². The standard InChI is InChI=1S/C10H12F2N2O3S2/c11-10(12)19(16,17)7-2-4-18-8(7)9(15)14-3-1-6(13)5-14/h2,4,6,10H,1,3,5,13H2/t6-/m1/s1. The summed E-state index contributed by atoms with van der Waals surface area (Å²) < 4.78 is 48.0. The third kappa shape index (κ3) is 2.63. The van der Waals surface area contributed by atoms with Crippen LogP contribution in [0.25, 0.3) is 0 Å². The van der Waals surface area contributed by atoms with Crippen LogP contribution in [0.5, 0.6) is 0 Å². The van der Waals surface area contributed by atoms with Crippen LogP contribution in [0.4, 0.5) is 8.78 Å². The van der Waals surface area contributed by atoms with Gasteiger partial charge in [0.05, 0.1) is 4.90 Å². The fraction of sp³-hybridized carbons (Fsp3) is 0.500. The Hall–Kier alpha value is -1.06. The van der Waals surface area contributed by atoms with Gasteiger partial charge in [-0.05, 0) is 17.9 Å². The lowest BCUT2D eigenvalue weighted by molar-refractivity contribution is 0.0792. The SMILES string of the molecule is N[C@@H]1CCN(C(=O)c2sccc2S(=O)(=O)C(F)F)C1. The maximum atomic E-state index is 12.5. The van der Waals surface area contributed by atoms with Crippen LogP contribution >= 0.6 is 11.3 Å². The van der Waals surface area contributed by atoms with E-state index in [4.69, 9.17) is 5.73 Å². The van der Waals surface area contributed by atoms with E-state index in [1.54, 1.807) is 0 Å². The van der Waals surface area contributed by atoms with Crippen LogP contribution in [-0.4, -0.2) is 44.1 Å². The van der Waals surface area contributed by atoms with E-state index in [2.05, 4.69) is 0 Å². The van der Waals surface area contributed by atoms with Crippen molar-refractivity contribution in [1.29, 1.82) is 0 Å². The number of carbonyl (C=O) groups excluding carboxylic acids is 1. The van der Waals surface area contributed by atoms with Crippen LogP contribution in [0, 0.1) is 0 Å². The molecule has 1 aliphatic heterocycles. The van der Waals surface area contributed by atoms with Gasteiger partial charge in [-0.1, -0.05) is 0 Å². The van der Waals surface area contributed by atoms with Crippen LogP contribution in [0.15, 0.2) is 16.3 Å². The van der Waals surface area contributed by atoms with Crippen molar-refractivity contribution >= 4 is 27.1 Å². The number of alkyl halides is 2. The second-order valence-electron chi connectivity index (χ2n) is 4.22. The van der Waals surface area contributed by atoms with E-state index in [0.717, 1.165) is 17.4 Å². The molecule has 1 fully saturated rings. The Balaban J connectivity index is 2.33. The largest absolute Gasteiger partial charge is 0.341 e. The van der Waals surface area contributed by atoms with Crippen molar-refractivity contribution in [2.75, 3.05) is 13.1 Å². The summed E-state index contributed by atoms with van der Waals surface area (Å²) in [6, 6.07) is 0.883. The first-order valence-electron chi connectivity index (χ1n) is 5.48. The van der Waals surface area contributed by atoms with E-state index in [9.17, 15) is 22.0 Å². The van der Waals surface area contributed by atoms with Gasteiger partial charge in [0.2, 0.25) is 9.84 Å². The van der Waals surface area contributed by atoms with Crippen LogP contribution in [0.1, 0.15) is 16.1 Å². The van der Waals surface area contributed by atoms with Crippen molar-refractivity contribution in [3.63, 3.8) is 0 Å². The normalized spacial score (nSPS) is 20.2. The third-order valence-corrected chi connectivity index (χ3v) is 5.33. The molecule has 5 nitrogen and oxygen atoms in total. The Bertz CT molecular complexity index is 585. The van der Waals surface area contributed by atoms with E-state index in [-0.39, 0.29) is 10.9 Å². The summed E-state index contributed by atoms with van der Waals surface area (Å²) >= 11 is 0.845. The molecule has 2 N–H and O–H groups in total. The van der Waals surface area contributed by atoms with Crippen LogP contribution in [0.2, 0.25) is 0 Å². The number of likely N-dealkylation sites (tertiary alicyclic amines) is 1. The molecule has 1 aliphatic rings. The van der Waals surface area contributed by atoms with Gasteiger partial charge in [0.25, 0.3) is 5.91 Å². The third-order valence-electron chi connectivity index (χ3n) is 2.88. The zero-order valence-electron chi connectivity index (χ0n) is 9.75. The van der Waals surface area contributed by atoms with E-state index in [0.29, 0.717) is 19.5 Å². The molecule has 1 atom stereocenters. The molecule has 0 aliphatic carbocycles. The minimum absolute atomic E-state index is 0.154. The van der Waals surface area contributed by atoms with Gasteiger partial charge < -0.3 is 10.6 Å². The van der Waals surface area contributed by atoms with Gasteiger partial charge in [-0.15, -0.1) is 11.3 Å². The summed E-state index contributed by atoms with van der Waals surface area (Å²) in [7, 11) is -4.75. The maximum absolute atomic E-state index is 12.5. The quantitative estimate of drug-likeness (QED) is 0.900. The Labute approximate surface area is 112 Å². The average Bonchev–Trinajstić information content (AvgIpc) is 2.96. The Morgan fingerprint density at radius 3 is 2.74 bits per heavy atom. The van der Waals surface area contributed by atoms with Crippen LogP contribution in [-0.2, 0) is 9.84 Å². The van der Waals surface area contributed by atoms with Gasteiger partial charge in [0, 0.05) is 19.1 Å². The van der Waals surface area contributed by atoms with E-state index in [1.165, 1.54) is 10.3 Å². The highest BCUT2D eigenvalue weighted by atomic mass is 32.2. The number of hydrogen-bond acceptors (Lipinski definition) is 5. The number of sulfone groups is 1. The van der Waals surface area contributed by atoms with Gasteiger partial charge in [-0.2, -0.15) is 8.78 Å². The highest BCUT2D eigenvalue weighted by Crippen LogP contribution is 2.28. The van der Waals surface area contributed by atoms with Gasteiger partial charge >= 0.3 is 5.76 Å². The zero-order chi connectivity index (χ0) is 14.2. The molecule has 0 spiro atoms. The van der Waals surface area contributed by atoms with Crippen LogP contribution in [0.3, 0.4) is 0 Å². The second kappa shape index (κ2) is 5.14. The maximum Gasteiger partial charge on any atom is 0.341 e. The summed E-state index contributed by atoms with van der Waals surface area (Å²) in [5.41, 5.74) is 5.66. The van der Waals surface area contributed by atoms with Crippen molar-refractivity contribution < 1.29 is 22.0 Å². The van der Waals surface area contributed by atoms with Crippen LogP contribution < -0.4 is 5.73 Å². The average molecular weight is 310 g/mol. The fourth-order valence-electron chi connectivity index (χ4n) is 1.89. The molecular weight excluding hydrogens is 298 g/mol. The smallest absolute Gasteiger partial charge is 0.336 e. The van der Waals surface area contributed by atoms with E-state index < -0.39 is 26.4 Å².